The second kappa shape index (κ2) is 8.29. The number of carbonyl (C=O) groups is 1. The Hall–Kier alpha value is -2.76. The maximum Gasteiger partial charge on any atom is 0.433 e. The SMILES string of the molecule is O=C(NCCNc1nccc(C(F)(F)F)n1)c1cn(C2CCNCC2)nn1. The average Bonchev–Trinajstić information content (AvgIpc) is 3.16. The molecular weight excluding hydrogens is 365 g/mol. The molecule has 1 amide bonds. The molecule has 12 heteroatoms. The molecule has 1 aliphatic rings. The van der Waals surface area contributed by atoms with E-state index in [0.29, 0.717) is 0 Å². The highest BCUT2D eigenvalue weighted by molar-refractivity contribution is 5.91. The molecule has 2 aromatic heterocycles. The van der Waals surface area contributed by atoms with Gasteiger partial charge in [0, 0.05) is 19.3 Å². The normalized spacial score (nSPS) is 15.5. The number of nitrogens with one attached hydrogen (secondary N) is 3. The van der Waals surface area contributed by atoms with Gasteiger partial charge in [-0.15, -0.1) is 5.10 Å². The Morgan fingerprint density at radius 3 is 2.81 bits per heavy atom. The smallest absolute Gasteiger partial charge is 0.352 e. The van der Waals surface area contributed by atoms with E-state index in [0.717, 1.165) is 38.2 Å². The summed E-state index contributed by atoms with van der Waals surface area (Å²) in [5, 5.41) is 16.4. The fourth-order valence-electron chi connectivity index (χ4n) is 2.67. The van der Waals surface area contributed by atoms with Gasteiger partial charge in [0.25, 0.3) is 5.91 Å². The molecule has 0 radical (unpaired) electrons. The first-order chi connectivity index (χ1) is 12.9. The van der Waals surface area contributed by atoms with Gasteiger partial charge in [0.15, 0.2) is 5.69 Å². The van der Waals surface area contributed by atoms with Crippen LogP contribution in [0.4, 0.5) is 19.1 Å². The molecule has 3 N–H and O–H groups in total. The van der Waals surface area contributed by atoms with Gasteiger partial charge < -0.3 is 16.0 Å². The van der Waals surface area contributed by atoms with Crippen molar-refractivity contribution in [1.82, 2.24) is 35.6 Å². The van der Waals surface area contributed by atoms with Crippen LogP contribution in [-0.4, -0.2) is 57.0 Å². The number of piperidine rings is 1. The monoisotopic (exact) mass is 384 g/mol. The number of alkyl halides is 3. The first-order valence-corrected chi connectivity index (χ1v) is 8.48. The molecule has 3 heterocycles. The molecule has 0 aliphatic carbocycles. The van der Waals surface area contributed by atoms with Crippen molar-refractivity contribution in [2.75, 3.05) is 31.5 Å². The molecule has 1 fully saturated rings. The van der Waals surface area contributed by atoms with Crippen molar-refractivity contribution in [1.29, 1.82) is 0 Å². The van der Waals surface area contributed by atoms with Gasteiger partial charge >= 0.3 is 6.18 Å². The van der Waals surface area contributed by atoms with Gasteiger partial charge in [0.2, 0.25) is 5.95 Å². The number of hydrogen-bond donors (Lipinski definition) is 3. The van der Waals surface area contributed by atoms with Crippen LogP contribution >= 0.6 is 0 Å². The number of anilines is 1. The molecule has 146 valence electrons. The minimum atomic E-state index is -4.53. The molecule has 0 bridgehead atoms. The summed E-state index contributed by atoms with van der Waals surface area (Å²) in [6, 6.07) is 1.01. The summed E-state index contributed by atoms with van der Waals surface area (Å²) in [5.41, 5.74) is -0.831. The minimum Gasteiger partial charge on any atom is -0.352 e. The highest BCUT2D eigenvalue weighted by atomic mass is 19.4. The van der Waals surface area contributed by atoms with Crippen LogP contribution in [0.2, 0.25) is 0 Å². The second-order valence-corrected chi connectivity index (χ2v) is 6.01. The first kappa shape index (κ1) is 19.0. The maximum absolute atomic E-state index is 12.6. The van der Waals surface area contributed by atoms with E-state index in [9.17, 15) is 18.0 Å². The van der Waals surface area contributed by atoms with Crippen LogP contribution in [-0.2, 0) is 6.18 Å². The summed E-state index contributed by atoms with van der Waals surface area (Å²) in [7, 11) is 0. The van der Waals surface area contributed by atoms with Crippen molar-refractivity contribution in [2.45, 2.75) is 25.1 Å². The van der Waals surface area contributed by atoms with E-state index in [1.165, 1.54) is 0 Å². The van der Waals surface area contributed by atoms with E-state index in [1.54, 1.807) is 10.9 Å². The summed E-state index contributed by atoms with van der Waals surface area (Å²) in [6.07, 6.45) is -0.0606. The molecule has 9 nitrogen and oxygen atoms in total. The summed E-state index contributed by atoms with van der Waals surface area (Å²) in [4.78, 5) is 19.2. The molecular formula is C15H19F3N8O. The van der Waals surface area contributed by atoms with Crippen LogP contribution in [0.1, 0.15) is 35.1 Å². The van der Waals surface area contributed by atoms with E-state index in [4.69, 9.17) is 0 Å². The summed E-state index contributed by atoms with van der Waals surface area (Å²) >= 11 is 0. The minimum absolute atomic E-state index is 0.157. The van der Waals surface area contributed by atoms with Gasteiger partial charge in [-0.05, 0) is 32.0 Å². The quantitative estimate of drug-likeness (QED) is 0.634. The fourth-order valence-corrected chi connectivity index (χ4v) is 2.67. The van der Waals surface area contributed by atoms with Crippen LogP contribution in [0.15, 0.2) is 18.5 Å². The van der Waals surface area contributed by atoms with Crippen LogP contribution in [0.5, 0.6) is 0 Å². The van der Waals surface area contributed by atoms with Gasteiger partial charge in [0.1, 0.15) is 5.69 Å². The third-order valence-electron chi connectivity index (χ3n) is 4.07. The van der Waals surface area contributed by atoms with Gasteiger partial charge in [-0.3, -0.25) is 4.79 Å². The zero-order valence-corrected chi connectivity index (χ0v) is 14.3. The van der Waals surface area contributed by atoms with Gasteiger partial charge in [-0.2, -0.15) is 13.2 Å². The number of nitrogens with zero attached hydrogens (tertiary/aromatic N) is 5. The Balaban J connectivity index is 1.45. The summed E-state index contributed by atoms with van der Waals surface area (Å²) in [6.45, 7) is 2.12. The van der Waals surface area contributed by atoms with E-state index < -0.39 is 17.8 Å². The Labute approximate surface area is 152 Å². The van der Waals surface area contributed by atoms with Crippen molar-refractivity contribution in [3.63, 3.8) is 0 Å². The van der Waals surface area contributed by atoms with E-state index >= 15 is 0 Å². The standard InChI is InChI=1S/C15H19F3N8O/c16-15(17,18)12-3-6-21-14(23-12)22-8-7-20-13(27)11-9-26(25-24-11)10-1-4-19-5-2-10/h3,6,9-10,19H,1-2,4-5,7-8H2,(H,20,27)(H,21,22,23). The van der Waals surface area contributed by atoms with E-state index in [1.807, 2.05) is 0 Å². The molecule has 0 unspecified atom stereocenters. The van der Waals surface area contributed by atoms with Crippen molar-refractivity contribution >= 4 is 11.9 Å². The molecule has 0 spiro atoms. The maximum atomic E-state index is 12.6. The number of halogens is 3. The lowest BCUT2D eigenvalue weighted by molar-refractivity contribution is -0.141. The molecule has 1 aliphatic heterocycles. The van der Waals surface area contributed by atoms with Gasteiger partial charge in [-0.1, -0.05) is 5.21 Å². The topological polar surface area (TPSA) is 110 Å². The first-order valence-electron chi connectivity index (χ1n) is 8.48. The van der Waals surface area contributed by atoms with Crippen LogP contribution in [0.25, 0.3) is 0 Å². The Kier molecular flexibility index (Phi) is 5.84. The van der Waals surface area contributed by atoms with Crippen molar-refractivity contribution in [2.24, 2.45) is 0 Å². The van der Waals surface area contributed by atoms with Crippen LogP contribution < -0.4 is 16.0 Å². The molecule has 27 heavy (non-hydrogen) atoms. The molecule has 3 rings (SSSR count). The number of aromatic nitrogens is 5. The highest BCUT2D eigenvalue weighted by Crippen LogP contribution is 2.27. The lowest BCUT2D eigenvalue weighted by Crippen LogP contribution is -2.30. The Bertz CT molecular complexity index is 772. The molecule has 1 saturated heterocycles. The average molecular weight is 384 g/mol. The zero-order valence-electron chi connectivity index (χ0n) is 14.3. The lowest BCUT2D eigenvalue weighted by atomic mass is 10.1. The van der Waals surface area contributed by atoms with Gasteiger partial charge in [-0.25, -0.2) is 14.6 Å². The Morgan fingerprint density at radius 2 is 2.07 bits per heavy atom. The number of rotatable bonds is 6. The Morgan fingerprint density at radius 1 is 1.30 bits per heavy atom. The largest absolute Gasteiger partial charge is 0.433 e. The number of amides is 1. The lowest BCUT2D eigenvalue weighted by Gasteiger charge is -2.22. The molecule has 2 aromatic rings. The van der Waals surface area contributed by atoms with E-state index in [-0.39, 0.29) is 30.8 Å². The zero-order chi connectivity index (χ0) is 19.3. The predicted octanol–water partition coefficient (Wildman–Crippen LogP) is 0.853. The number of hydrogen-bond acceptors (Lipinski definition) is 7. The van der Waals surface area contributed by atoms with Gasteiger partial charge in [0.05, 0.1) is 12.2 Å². The third-order valence-corrected chi connectivity index (χ3v) is 4.07. The van der Waals surface area contributed by atoms with Crippen molar-refractivity contribution < 1.29 is 18.0 Å². The summed E-state index contributed by atoms with van der Waals surface area (Å²) in [5.74, 6) is -0.558. The molecule has 0 aromatic carbocycles. The number of carbonyl (C=O) groups excluding carboxylic acids is 1. The van der Waals surface area contributed by atoms with Crippen molar-refractivity contribution in [3.8, 4) is 0 Å². The second-order valence-electron chi connectivity index (χ2n) is 6.01. The van der Waals surface area contributed by atoms with Crippen LogP contribution in [0.3, 0.4) is 0 Å². The fraction of sp³-hybridized carbons (Fsp3) is 0.533. The highest BCUT2D eigenvalue weighted by Gasteiger charge is 2.32. The summed E-state index contributed by atoms with van der Waals surface area (Å²) < 4.78 is 39.5. The van der Waals surface area contributed by atoms with E-state index in [2.05, 4.69) is 36.2 Å². The molecule has 0 atom stereocenters. The third kappa shape index (κ3) is 5.12. The van der Waals surface area contributed by atoms with Crippen molar-refractivity contribution in [3.05, 3.63) is 29.8 Å². The van der Waals surface area contributed by atoms with Crippen LogP contribution in [0, 0.1) is 0 Å². The predicted molar refractivity (Wildman–Crippen MR) is 89.0 cm³/mol. The molecule has 0 saturated carbocycles.